The van der Waals surface area contributed by atoms with Gasteiger partial charge in [0.25, 0.3) is 0 Å². The minimum atomic E-state index is 0. The summed E-state index contributed by atoms with van der Waals surface area (Å²) in [4.78, 5) is 0. The van der Waals surface area contributed by atoms with Crippen LogP contribution in [0.1, 0.15) is 18.1 Å². The summed E-state index contributed by atoms with van der Waals surface area (Å²) in [6.45, 7) is 5.89. The van der Waals surface area contributed by atoms with Crippen LogP contribution in [0.4, 0.5) is 0 Å². The van der Waals surface area contributed by atoms with Gasteiger partial charge in [0.2, 0.25) is 0 Å². The largest absolute Gasteiger partial charge is 0.508 e. The predicted octanol–water partition coefficient (Wildman–Crippen LogP) is 5.99. The smallest absolute Gasteiger partial charge is 0.116 e. The van der Waals surface area contributed by atoms with Crippen molar-refractivity contribution in [2.75, 3.05) is 0 Å². The number of rotatable bonds is 1. The molecule has 5 heteroatoms. The first-order chi connectivity index (χ1) is 13.0. The molecule has 0 aliphatic heterocycles. The molecule has 29 heavy (non-hydrogen) atoms. The molecule has 0 saturated heterocycles. The number of benzene rings is 4. The second-order valence-electron chi connectivity index (χ2n) is 6.38. The van der Waals surface area contributed by atoms with Crippen molar-refractivity contribution in [2.45, 2.75) is 6.92 Å². The maximum Gasteiger partial charge on any atom is 0.116 e. The molecule has 3 nitrogen and oxygen atoms in total. The van der Waals surface area contributed by atoms with Crippen molar-refractivity contribution in [3.05, 3.63) is 90.5 Å². The molecule has 2 N–H and O–H groups in total. The summed E-state index contributed by atoms with van der Waals surface area (Å²) >= 11 is 0. The van der Waals surface area contributed by atoms with E-state index in [1.54, 1.807) is 42.5 Å². The Morgan fingerprint density at radius 1 is 0.724 bits per heavy atom. The standard InChI is InChI=1S/C13H12O.C11H7NO.2V/c1-9(2)10-3-4-12-8-13(14)6-5-11(12)7-10;12-7-8-1-2-10-6-11(13)4-3-9(10)5-8;;/h3-8,14H,1H2,2H3;1-6,13H;;. The molecule has 0 bridgehead atoms. The first-order valence-electron chi connectivity index (χ1n) is 8.48. The van der Waals surface area contributed by atoms with Crippen LogP contribution >= 0.6 is 0 Å². The third-order valence-electron chi connectivity index (χ3n) is 4.27. The molecule has 0 amide bonds. The number of hydrogen-bond acceptors (Lipinski definition) is 3. The summed E-state index contributed by atoms with van der Waals surface area (Å²) in [6.07, 6.45) is 0. The number of aromatic hydroxyl groups is 2. The molecule has 0 heterocycles. The number of nitrogens with zero attached hydrogens (tertiary/aromatic N) is 1. The van der Waals surface area contributed by atoms with Crippen LogP contribution in [0.3, 0.4) is 0 Å². The summed E-state index contributed by atoms with van der Waals surface area (Å²) in [7, 11) is 0. The van der Waals surface area contributed by atoms with Gasteiger partial charge in [0.05, 0.1) is 11.6 Å². The Kier molecular flexibility index (Phi) is 9.11. The minimum Gasteiger partial charge on any atom is -0.508 e. The molecule has 4 aromatic carbocycles. The Balaban J connectivity index is 0.000000272. The van der Waals surface area contributed by atoms with Gasteiger partial charge in [-0.2, -0.15) is 5.26 Å². The van der Waals surface area contributed by atoms with Crippen molar-refractivity contribution >= 4 is 27.1 Å². The van der Waals surface area contributed by atoms with Crippen LogP contribution in [0.25, 0.3) is 27.1 Å². The Hall–Kier alpha value is -2.60. The van der Waals surface area contributed by atoms with Gasteiger partial charge in [-0.05, 0) is 76.5 Å². The van der Waals surface area contributed by atoms with Gasteiger partial charge in [-0.25, -0.2) is 0 Å². The van der Waals surface area contributed by atoms with Crippen LogP contribution < -0.4 is 0 Å². The molecule has 4 aromatic rings. The van der Waals surface area contributed by atoms with Crippen LogP contribution in [0.15, 0.2) is 79.4 Å². The molecule has 0 fully saturated rings. The fourth-order valence-corrected chi connectivity index (χ4v) is 2.80. The zero-order valence-corrected chi connectivity index (χ0v) is 18.7. The van der Waals surface area contributed by atoms with E-state index in [0.29, 0.717) is 11.3 Å². The van der Waals surface area contributed by atoms with Gasteiger partial charge in [0.1, 0.15) is 11.5 Å². The van der Waals surface area contributed by atoms with Gasteiger partial charge < -0.3 is 10.2 Å². The van der Waals surface area contributed by atoms with Crippen LogP contribution in [-0.4, -0.2) is 10.2 Å². The maximum atomic E-state index is 9.29. The fourth-order valence-electron chi connectivity index (χ4n) is 2.80. The van der Waals surface area contributed by atoms with Crippen molar-refractivity contribution in [3.63, 3.8) is 0 Å². The fraction of sp³-hybridized carbons (Fsp3) is 0.0417. The Bertz CT molecular complexity index is 1200. The normalized spacial score (nSPS) is 9.38. The maximum absolute atomic E-state index is 9.29. The number of nitriles is 1. The Morgan fingerprint density at radius 2 is 1.17 bits per heavy atom. The molecule has 0 aromatic heterocycles. The summed E-state index contributed by atoms with van der Waals surface area (Å²) in [5.41, 5.74) is 2.83. The molecule has 142 valence electrons. The molecule has 0 aliphatic carbocycles. The van der Waals surface area contributed by atoms with Gasteiger partial charge in [-0.15, -0.1) is 0 Å². The quantitative estimate of drug-likeness (QED) is 0.371. The van der Waals surface area contributed by atoms with E-state index in [2.05, 4.69) is 18.7 Å². The van der Waals surface area contributed by atoms with E-state index < -0.39 is 0 Å². The van der Waals surface area contributed by atoms with E-state index in [4.69, 9.17) is 5.26 Å². The van der Waals surface area contributed by atoms with Gasteiger partial charge in [-0.1, -0.05) is 42.5 Å². The number of phenols is 2. The molecule has 0 aliphatic rings. The predicted molar refractivity (Wildman–Crippen MR) is 111 cm³/mol. The van der Waals surface area contributed by atoms with Gasteiger partial charge in [0, 0.05) is 37.1 Å². The molecular formula is C24H19NO2V2. The molecular weight excluding hydrogens is 436 g/mol. The average Bonchev–Trinajstić information content (AvgIpc) is 2.67. The number of fused-ring (bicyclic) bond motifs is 2. The van der Waals surface area contributed by atoms with Crippen molar-refractivity contribution in [2.24, 2.45) is 0 Å². The van der Waals surface area contributed by atoms with E-state index in [1.165, 1.54) is 0 Å². The zero-order chi connectivity index (χ0) is 19.4. The SMILES string of the molecule is C=C(C)c1ccc2cc(O)ccc2c1.N#Cc1ccc2cc(O)ccc2c1.[V].[V]. The van der Waals surface area contributed by atoms with Crippen LogP contribution in [0.2, 0.25) is 0 Å². The summed E-state index contributed by atoms with van der Waals surface area (Å²) in [5, 5.41) is 31.2. The third-order valence-corrected chi connectivity index (χ3v) is 4.27. The van der Waals surface area contributed by atoms with Crippen LogP contribution in [0.5, 0.6) is 11.5 Å². The van der Waals surface area contributed by atoms with E-state index >= 15 is 0 Å². The summed E-state index contributed by atoms with van der Waals surface area (Å²) in [6, 6.07) is 24.0. The average molecular weight is 455 g/mol. The molecule has 0 saturated carbocycles. The number of phenolic OH excluding ortho intramolecular Hbond substituents is 2. The molecule has 0 atom stereocenters. The molecule has 4 rings (SSSR count). The van der Waals surface area contributed by atoms with Crippen LogP contribution in [0, 0.1) is 11.3 Å². The molecule has 0 spiro atoms. The third kappa shape index (κ3) is 6.19. The van der Waals surface area contributed by atoms with Crippen LogP contribution in [-0.2, 0) is 37.1 Å². The summed E-state index contributed by atoms with van der Waals surface area (Å²) < 4.78 is 0. The van der Waals surface area contributed by atoms with Crippen molar-refractivity contribution in [3.8, 4) is 17.6 Å². The van der Waals surface area contributed by atoms with Gasteiger partial charge in [0.15, 0.2) is 0 Å². The monoisotopic (exact) mass is 455 g/mol. The van der Waals surface area contributed by atoms with E-state index in [0.717, 1.165) is 32.7 Å². The number of allylic oxidation sites excluding steroid dienone is 1. The minimum absolute atomic E-state index is 0. The summed E-state index contributed by atoms with van der Waals surface area (Å²) in [5.74, 6) is 0.554. The van der Waals surface area contributed by atoms with E-state index in [-0.39, 0.29) is 42.9 Å². The first kappa shape index (κ1) is 24.4. The van der Waals surface area contributed by atoms with Gasteiger partial charge in [-0.3, -0.25) is 0 Å². The first-order valence-corrected chi connectivity index (χ1v) is 8.48. The second kappa shape index (κ2) is 10.8. The Labute approximate surface area is 194 Å². The van der Waals surface area contributed by atoms with Crippen molar-refractivity contribution in [1.82, 2.24) is 0 Å². The Morgan fingerprint density at radius 3 is 1.69 bits per heavy atom. The van der Waals surface area contributed by atoms with Gasteiger partial charge >= 0.3 is 0 Å². The van der Waals surface area contributed by atoms with E-state index in [1.807, 2.05) is 31.2 Å². The topological polar surface area (TPSA) is 64.2 Å². The second-order valence-corrected chi connectivity index (χ2v) is 6.38. The molecule has 0 unspecified atom stereocenters. The number of hydrogen-bond donors (Lipinski definition) is 2. The van der Waals surface area contributed by atoms with Crippen molar-refractivity contribution < 1.29 is 47.3 Å². The van der Waals surface area contributed by atoms with E-state index in [9.17, 15) is 10.2 Å². The zero-order valence-electron chi connectivity index (χ0n) is 15.9. The molecule has 2 radical (unpaired) electrons. The van der Waals surface area contributed by atoms with Crippen molar-refractivity contribution in [1.29, 1.82) is 5.26 Å².